The second-order valence-corrected chi connectivity index (χ2v) is 7.00. The standard InChI is InChI=1S/C16H34O.C7H6O3/c1-2-3-4-5-6-7-8-9-10-11-12-13-14-15-16-17;8-7(9)10-6-4-2-1-3-5-6/h17H,2-16H2,1H3;1-5H,(H,8,9). The molecule has 0 aliphatic rings. The zero-order valence-corrected chi connectivity index (χ0v) is 17.2. The Balaban J connectivity index is 0.000000569. The van der Waals surface area contributed by atoms with Gasteiger partial charge in [-0.1, -0.05) is 109 Å². The molecule has 27 heavy (non-hydrogen) atoms. The van der Waals surface area contributed by atoms with Crippen molar-refractivity contribution in [2.45, 2.75) is 96.8 Å². The molecule has 156 valence electrons. The number of carboxylic acid groups (broad SMARTS) is 1. The summed E-state index contributed by atoms with van der Waals surface area (Å²) in [5.74, 6) is 0.343. The molecule has 0 heterocycles. The number of para-hydroxylation sites is 1. The number of hydrogen-bond donors (Lipinski definition) is 2. The Morgan fingerprint density at radius 3 is 1.52 bits per heavy atom. The smallest absolute Gasteiger partial charge is 0.449 e. The van der Waals surface area contributed by atoms with Gasteiger partial charge in [-0.3, -0.25) is 0 Å². The number of hydrogen-bond acceptors (Lipinski definition) is 3. The van der Waals surface area contributed by atoms with Crippen LogP contribution in [0, 0.1) is 0 Å². The summed E-state index contributed by atoms with van der Waals surface area (Å²) in [7, 11) is 0. The molecule has 0 atom stereocenters. The van der Waals surface area contributed by atoms with Gasteiger partial charge in [-0.15, -0.1) is 0 Å². The zero-order valence-electron chi connectivity index (χ0n) is 17.2. The van der Waals surface area contributed by atoms with Gasteiger partial charge in [0.2, 0.25) is 0 Å². The molecule has 2 N–H and O–H groups in total. The zero-order chi connectivity index (χ0) is 20.0. The fraction of sp³-hybridized carbons (Fsp3) is 0.696. The van der Waals surface area contributed by atoms with Crippen molar-refractivity contribution in [3.8, 4) is 5.75 Å². The molecule has 0 aliphatic carbocycles. The van der Waals surface area contributed by atoms with Crippen molar-refractivity contribution in [1.29, 1.82) is 0 Å². The van der Waals surface area contributed by atoms with Crippen LogP contribution in [0.4, 0.5) is 4.79 Å². The van der Waals surface area contributed by atoms with Crippen LogP contribution in [0.25, 0.3) is 0 Å². The van der Waals surface area contributed by atoms with E-state index in [9.17, 15) is 4.79 Å². The maximum Gasteiger partial charge on any atom is 0.511 e. The molecule has 4 heteroatoms. The maximum absolute atomic E-state index is 9.95. The highest BCUT2D eigenvalue weighted by molar-refractivity contribution is 5.60. The fourth-order valence-electron chi connectivity index (χ4n) is 2.90. The van der Waals surface area contributed by atoms with Gasteiger partial charge < -0.3 is 14.9 Å². The number of unbranched alkanes of at least 4 members (excludes halogenated alkanes) is 13. The number of rotatable bonds is 15. The number of aliphatic hydroxyl groups is 1. The van der Waals surface area contributed by atoms with Gasteiger partial charge in [0.25, 0.3) is 0 Å². The van der Waals surface area contributed by atoms with E-state index in [0.717, 1.165) is 6.42 Å². The van der Waals surface area contributed by atoms with Gasteiger partial charge in [-0.05, 0) is 18.6 Å². The van der Waals surface area contributed by atoms with Crippen LogP contribution in [-0.2, 0) is 0 Å². The first-order valence-electron chi connectivity index (χ1n) is 10.8. The highest BCUT2D eigenvalue weighted by atomic mass is 16.7. The van der Waals surface area contributed by atoms with Crippen molar-refractivity contribution in [2.24, 2.45) is 0 Å². The van der Waals surface area contributed by atoms with Crippen LogP contribution < -0.4 is 4.74 Å². The normalized spacial score (nSPS) is 10.1. The summed E-state index contributed by atoms with van der Waals surface area (Å²) >= 11 is 0. The molecule has 0 aromatic heterocycles. The first-order valence-corrected chi connectivity index (χ1v) is 10.8. The Hall–Kier alpha value is -1.55. The average molecular weight is 381 g/mol. The molecule has 0 bridgehead atoms. The lowest BCUT2D eigenvalue weighted by molar-refractivity contribution is 0.144. The van der Waals surface area contributed by atoms with Crippen molar-refractivity contribution in [3.63, 3.8) is 0 Å². The molecule has 0 radical (unpaired) electrons. The minimum atomic E-state index is -1.29. The third kappa shape index (κ3) is 20.6. The predicted octanol–water partition coefficient (Wildman–Crippen LogP) is 7.20. The summed E-state index contributed by atoms with van der Waals surface area (Å²) in [6.07, 6.45) is 17.9. The molecule has 0 saturated carbocycles. The van der Waals surface area contributed by atoms with Crippen LogP contribution in [-0.4, -0.2) is 23.0 Å². The van der Waals surface area contributed by atoms with Crippen LogP contribution in [0.2, 0.25) is 0 Å². The maximum atomic E-state index is 9.95. The van der Waals surface area contributed by atoms with Crippen molar-refractivity contribution in [2.75, 3.05) is 6.61 Å². The molecule has 0 unspecified atom stereocenters. The van der Waals surface area contributed by atoms with Crippen molar-refractivity contribution in [1.82, 2.24) is 0 Å². The summed E-state index contributed by atoms with van der Waals surface area (Å²) in [6, 6.07) is 8.35. The van der Waals surface area contributed by atoms with E-state index in [1.54, 1.807) is 30.3 Å². The first kappa shape index (κ1) is 25.4. The van der Waals surface area contributed by atoms with E-state index < -0.39 is 6.16 Å². The van der Waals surface area contributed by atoms with Crippen LogP contribution in [0.1, 0.15) is 96.8 Å². The van der Waals surface area contributed by atoms with E-state index in [-0.39, 0.29) is 0 Å². The summed E-state index contributed by atoms with van der Waals surface area (Å²) in [5, 5.41) is 16.8. The summed E-state index contributed by atoms with van der Waals surface area (Å²) in [5.41, 5.74) is 0. The second kappa shape index (κ2) is 20.8. The quantitative estimate of drug-likeness (QED) is 0.192. The van der Waals surface area contributed by atoms with Crippen LogP contribution in [0.15, 0.2) is 30.3 Å². The number of carbonyl (C=O) groups is 1. The van der Waals surface area contributed by atoms with E-state index in [1.807, 2.05) is 0 Å². The highest BCUT2D eigenvalue weighted by Gasteiger charge is 1.96. The minimum absolute atomic E-state index is 0.343. The number of benzene rings is 1. The lowest BCUT2D eigenvalue weighted by Gasteiger charge is -2.02. The SMILES string of the molecule is CCCCCCCCCCCCCCCCO.O=C(O)Oc1ccccc1. The monoisotopic (exact) mass is 380 g/mol. The first-order chi connectivity index (χ1) is 13.2. The van der Waals surface area contributed by atoms with Crippen molar-refractivity contribution >= 4 is 6.16 Å². The van der Waals surface area contributed by atoms with E-state index >= 15 is 0 Å². The van der Waals surface area contributed by atoms with E-state index in [4.69, 9.17) is 10.2 Å². The third-order valence-electron chi connectivity index (χ3n) is 4.46. The fourth-order valence-corrected chi connectivity index (χ4v) is 2.90. The van der Waals surface area contributed by atoms with Gasteiger partial charge in [0.15, 0.2) is 0 Å². The minimum Gasteiger partial charge on any atom is -0.449 e. The average Bonchev–Trinajstić information content (AvgIpc) is 2.66. The number of ether oxygens (including phenoxy) is 1. The Morgan fingerprint density at radius 1 is 0.741 bits per heavy atom. The molecule has 4 nitrogen and oxygen atoms in total. The van der Waals surface area contributed by atoms with Crippen molar-refractivity contribution in [3.05, 3.63) is 30.3 Å². The molecule has 0 fully saturated rings. The summed E-state index contributed by atoms with van der Waals surface area (Å²) in [4.78, 5) is 9.95. The van der Waals surface area contributed by atoms with Gasteiger partial charge in [0.1, 0.15) is 5.75 Å². The molecular weight excluding hydrogens is 340 g/mol. The molecule has 0 saturated heterocycles. The van der Waals surface area contributed by atoms with E-state index in [2.05, 4.69) is 11.7 Å². The van der Waals surface area contributed by atoms with Gasteiger partial charge in [0, 0.05) is 6.61 Å². The van der Waals surface area contributed by atoms with Gasteiger partial charge >= 0.3 is 6.16 Å². The van der Waals surface area contributed by atoms with Crippen LogP contribution in [0.3, 0.4) is 0 Å². The molecule has 0 aliphatic heterocycles. The van der Waals surface area contributed by atoms with Gasteiger partial charge in [0.05, 0.1) is 0 Å². The Labute approximate surface area is 166 Å². The molecule has 0 spiro atoms. The summed E-state index contributed by atoms with van der Waals surface area (Å²) in [6.45, 7) is 2.65. The Bertz CT molecular complexity index is 406. The molecule has 1 rings (SSSR count). The van der Waals surface area contributed by atoms with E-state index in [0.29, 0.717) is 12.4 Å². The Kier molecular flexibility index (Phi) is 19.6. The van der Waals surface area contributed by atoms with Gasteiger partial charge in [-0.25, -0.2) is 4.79 Å². The lowest BCUT2D eigenvalue weighted by Crippen LogP contribution is -2.02. The van der Waals surface area contributed by atoms with Crippen LogP contribution in [0.5, 0.6) is 5.75 Å². The molecule has 0 amide bonds. The predicted molar refractivity (Wildman–Crippen MR) is 112 cm³/mol. The van der Waals surface area contributed by atoms with Gasteiger partial charge in [-0.2, -0.15) is 0 Å². The largest absolute Gasteiger partial charge is 0.511 e. The number of aliphatic hydroxyl groups excluding tert-OH is 1. The van der Waals surface area contributed by atoms with E-state index in [1.165, 1.54) is 83.5 Å². The van der Waals surface area contributed by atoms with Crippen molar-refractivity contribution < 1.29 is 19.7 Å². The topological polar surface area (TPSA) is 66.8 Å². The third-order valence-corrected chi connectivity index (χ3v) is 4.46. The molecule has 1 aromatic rings. The Morgan fingerprint density at radius 2 is 1.15 bits per heavy atom. The highest BCUT2D eigenvalue weighted by Crippen LogP contribution is 2.12. The van der Waals surface area contributed by atoms with Crippen LogP contribution >= 0.6 is 0 Å². The lowest BCUT2D eigenvalue weighted by atomic mass is 10.0. The molecular formula is C23H40O4. The second-order valence-electron chi connectivity index (χ2n) is 7.00. The molecule has 1 aromatic carbocycles. The summed E-state index contributed by atoms with van der Waals surface area (Å²) < 4.78 is 4.33.